The van der Waals surface area contributed by atoms with Crippen molar-refractivity contribution in [2.75, 3.05) is 12.0 Å². The molecule has 2 aliphatic heterocycles. The Balaban J connectivity index is 2.01. The molecule has 0 spiro atoms. The maximum Gasteiger partial charge on any atom is 0.313 e. The highest BCUT2D eigenvalue weighted by molar-refractivity contribution is 5.62. The highest BCUT2D eigenvalue weighted by Crippen LogP contribution is 2.43. The van der Waals surface area contributed by atoms with Gasteiger partial charge >= 0.3 is 5.69 Å². The zero-order valence-electron chi connectivity index (χ0n) is 11.7. The lowest BCUT2D eigenvalue weighted by Crippen LogP contribution is -2.45. The second kappa shape index (κ2) is 5.14. The van der Waals surface area contributed by atoms with Crippen LogP contribution < -0.4 is 9.64 Å². The van der Waals surface area contributed by atoms with Gasteiger partial charge in [-0.2, -0.15) is 0 Å². The molecule has 2 atom stereocenters. The SMILES string of the molecule is COc1cc(N2C3CCC2CC(O)C3)c(F)cc1[N+](=O)[O-]. The molecule has 0 amide bonds. The van der Waals surface area contributed by atoms with Gasteiger partial charge in [0.25, 0.3) is 0 Å². The van der Waals surface area contributed by atoms with E-state index in [1.54, 1.807) is 0 Å². The number of aliphatic hydroxyl groups excluding tert-OH is 1. The van der Waals surface area contributed by atoms with Gasteiger partial charge in [-0.25, -0.2) is 4.39 Å². The number of halogens is 1. The molecule has 1 N–H and O–H groups in total. The molecule has 0 saturated carbocycles. The van der Waals surface area contributed by atoms with E-state index >= 15 is 0 Å². The number of fused-ring (bicyclic) bond motifs is 2. The van der Waals surface area contributed by atoms with Gasteiger partial charge in [0.1, 0.15) is 0 Å². The average Bonchev–Trinajstić information content (AvgIpc) is 2.70. The predicted molar refractivity (Wildman–Crippen MR) is 74.1 cm³/mol. The third kappa shape index (κ3) is 2.31. The fourth-order valence-electron chi connectivity index (χ4n) is 3.58. The molecule has 2 bridgehead atoms. The Morgan fingerprint density at radius 2 is 2.00 bits per heavy atom. The molecule has 2 unspecified atom stereocenters. The molecule has 1 aromatic rings. The van der Waals surface area contributed by atoms with Crippen LogP contribution in [0, 0.1) is 15.9 Å². The van der Waals surface area contributed by atoms with Gasteiger partial charge in [-0.1, -0.05) is 0 Å². The van der Waals surface area contributed by atoms with E-state index in [1.165, 1.54) is 13.2 Å². The van der Waals surface area contributed by atoms with Crippen LogP contribution in [0.1, 0.15) is 25.7 Å². The number of benzene rings is 1. The smallest absolute Gasteiger partial charge is 0.313 e. The van der Waals surface area contributed by atoms with Crippen molar-refractivity contribution in [3.8, 4) is 5.75 Å². The Labute approximate surface area is 121 Å². The Bertz CT molecular complexity index is 566. The minimum Gasteiger partial charge on any atom is -0.490 e. The van der Waals surface area contributed by atoms with Crippen LogP contribution >= 0.6 is 0 Å². The second-order valence-corrected chi connectivity index (χ2v) is 5.65. The van der Waals surface area contributed by atoms with Crippen molar-refractivity contribution in [1.82, 2.24) is 0 Å². The van der Waals surface area contributed by atoms with Gasteiger partial charge in [-0.05, 0) is 25.7 Å². The Kier molecular flexibility index (Phi) is 3.44. The molecular weight excluding hydrogens is 279 g/mol. The lowest BCUT2D eigenvalue weighted by Gasteiger charge is -2.39. The largest absolute Gasteiger partial charge is 0.490 e. The Hall–Kier alpha value is -1.89. The van der Waals surface area contributed by atoms with Crippen LogP contribution in [0.2, 0.25) is 0 Å². The third-order valence-corrected chi connectivity index (χ3v) is 4.43. The van der Waals surface area contributed by atoms with E-state index in [9.17, 15) is 19.6 Å². The van der Waals surface area contributed by atoms with Crippen molar-refractivity contribution in [3.05, 3.63) is 28.1 Å². The van der Waals surface area contributed by atoms with Crippen molar-refractivity contribution in [1.29, 1.82) is 0 Å². The molecule has 2 heterocycles. The van der Waals surface area contributed by atoms with E-state index in [4.69, 9.17) is 4.74 Å². The molecule has 3 rings (SSSR count). The van der Waals surface area contributed by atoms with Crippen molar-refractivity contribution in [2.45, 2.75) is 43.9 Å². The number of nitrogens with zero attached hydrogens (tertiary/aromatic N) is 2. The standard InChI is InChI=1S/C14H17FN2O4/c1-21-14-7-12(11(15)6-13(14)17(19)20)16-8-2-3-9(16)5-10(18)4-8/h6-10,18H,2-5H2,1H3. The van der Waals surface area contributed by atoms with Crippen LogP contribution in [-0.2, 0) is 0 Å². The molecule has 2 aliphatic rings. The normalized spacial score (nSPS) is 27.8. The van der Waals surface area contributed by atoms with Gasteiger partial charge in [0.05, 0.1) is 29.9 Å². The summed E-state index contributed by atoms with van der Waals surface area (Å²) in [6.07, 6.45) is 2.67. The molecule has 1 aromatic carbocycles. The molecular formula is C14H17FN2O4. The monoisotopic (exact) mass is 296 g/mol. The molecule has 6 nitrogen and oxygen atoms in total. The van der Waals surface area contributed by atoms with Gasteiger partial charge in [0.15, 0.2) is 11.6 Å². The van der Waals surface area contributed by atoms with Crippen LogP contribution in [-0.4, -0.2) is 35.3 Å². The van der Waals surface area contributed by atoms with Gasteiger partial charge < -0.3 is 14.7 Å². The number of methoxy groups -OCH3 is 1. The summed E-state index contributed by atoms with van der Waals surface area (Å²) in [4.78, 5) is 12.2. The van der Waals surface area contributed by atoms with Gasteiger partial charge in [0, 0.05) is 18.2 Å². The van der Waals surface area contributed by atoms with E-state index in [2.05, 4.69) is 0 Å². The molecule has 2 fully saturated rings. The molecule has 0 aromatic heterocycles. The first-order chi connectivity index (χ1) is 10.0. The number of anilines is 1. The fraction of sp³-hybridized carbons (Fsp3) is 0.571. The van der Waals surface area contributed by atoms with Crippen molar-refractivity contribution >= 4 is 11.4 Å². The maximum absolute atomic E-state index is 14.3. The summed E-state index contributed by atoms with van der Waals surface area (Å²) < 4.78 is 19.3. The third-order valence-electron chi connectivity index (χ3n) is 4.43. The Morgan fingerprint density at radius 1 is 1.38 bits per heavy atom. The number of rotatable bonds is 3. The van der Waals surface area contributed by atoms with Crippen molar-refractivity contribution in [2.24, 2.45) is 0 Å². The van der Waals surface area contributed by atoms with E-state index in [1.807, 2.05) is 4.90 Å². The topological polar surface area (TPSA) is 75.8 Å². The molecule has 21 heavy (non-hydrogen) atoms. The summed E-state index contributed by atoms with van der Waals surface area (Å²) in [6, 6.07) is 2.48. The molecule has 0 aliphatic carbocycles. The minimum atomic E-state index is -0.653. The van der Waals surface area contributed by atoms with E-state index in [0.29, 0.717) is 18.5 Å². The van der Waals surface area contributed by atoms with Gasteiger partial charge in [-0.15, -0.1) is 0 Å². The van der Waals surface area contributed by atoms with E-state index in [-0.39, 0.29) is 29.6 Å². The lowest BCUT2D eigenvalue weighted by atomic mass is 9.99. The number of ether oxygens (including phenoxy) is 1. The molecule has 114 valence electrons. The Morgan fingerprint density at radius 3 is 2.52 bits per heavy atom. The number of nitro groups is 1. The zero-order chi connectivity index (χ0) is 15.1. The number of aliphatic hydroxyl groups is 1. The van der Waals surface area contributed by atoms with Gasteiger partial charge in [-0.3, -0.25) is 10.1 Å². The van der Waals surface area contributed by atoms with Crippen LogP contribution in [0.15, 0.2) is 12.1 Å². The number of nitro benzene ring substituents is 1. The number of hydrogen-bond acceptors (Lipinski definition) is 5. The van der Waals surface area contributed by atoms with Crippen LogP contribution in [0.3, 0.4) is 0 Å². The predicted octanol–water partition coefficient (Wildman–Crippen LogP) is 2.23. The van der Waals surface area contributed by atoms with Crippen molar-refractivity contribution < 1.29 is 19.2 Å². The summed E-state index contributed by atoms with van der Waals surface area (Å²) in [6.45, 7) is 0. The zero-order valence-corrected chi connectivity index (χ0v) is 11.7. The summed E-state index contributed by atoms with van der Waals surface area (Å²) in [7, 11) is 1.33. The molecule has 0 radical (unpaired) electrons. The first-order valence-corrected chi connectivity index (χ1v) is 6.99. The first-order valence-electron chi connectivity index (χ1n) is 6.99. The van der Waals surface area contributed by atoms with Crippen LogP contribution in [0.25, 0.3) is 0 Å². The first kappa shape index (κ1) is 14.1. The summed E-state index contributed by atoms with van der Waals surface area (Å²) >= 11 is 0. The van der Waals surface area contributed by atoms with E-state index in [0.717, 1.165) is 18.9 Å². The summed E-state index contributed by atoms with van der Waals surface area (Å²) in [5.74, 6) is -0.558. The van der Waals surface area contributed by atoms with E-state index < -0.39 is 10.7 Å². The summed E-state index contributed by atoms with van der Waals surface area (Å²) in [5.41, 5.74) is -0.0417. The molecule has 2 saturated heterocycles. The number of piperidine rings is 1. The molecule has 7 heteroatoms. The number of hydrogen-bond donors (Lipinski definition) is 1. The highest BCUT2D eigenvalue weighted by Gasteiger charge is 2.41. The van der Waals surface area contributed by atoms with Crippen molar-refractivity contribution in [3.63, 3.8) is 0 Å². The lowest BCUT2D eigenvalue weighted by molar-refractivity contribution is -0.385. The minimum absolute atomic E-state index is 0.0573. The average molecular weight is 296 g/mol. The van der Waals surface area contributed by atoms with Gasteiger partial charge in [0.2, 0.25) is 0 Å². The van der Waals surface area contributed by atoms with Crippen LogP contribution in [0.4, 0.5) is 15.8 Å². The second-order valence-electron chi connectivity index (χ2n) is 5.65. The highest BCUT2D eigenvalue weighted by atomic mass is 19.1. The maximum atomic E-state index is 14.3. The fourth-order valence-corrected chi connectivity index (χ4v) is 3.58. The van der Waals surface area contributed by atoms with Crippen LogP contribution in [0.5, 0.6) is 5.75 Å². The quantitative estimate of drug-likeness (QED) is 0.684. The summed E-state index contributed by atoms with van der Waals surface area (Å²) in [5, 5.41) is 20.7.